The molecule has 0 bridgehead atoms. The highest BCUT2D eigenvalue weighted by Gasteiger charge is 2.10. The van der Waals surface area contributed by atoms with E-state index in [1.807, 2.05) is 24.6 Å². The highest BCUT2D eigenvalue weighted by atomic mass is 19.1. The van der Waals surface area contributed by atoms with Gasteiger partial charge in [0.15, 0.2) is 0 Å². The van der Waals surface area contributed by atoms with Crippen LogP contribution in [0.3, 0.4) is 0 Å². The topological polar surface area (TPSA) is 29.9 Å². The lowest BCUT2D eigenvalue weighted by Gasteiger charge is -2.13. The van der Waals surface area contributed by atoms with Crippen molar-refractivity contribution in [2.75, 3.05) is 11.9 Å². The van der Waals surface area contributed by atoms with Gasteiger partial charge in [0.25, 0.3) is 0 Å². The largest absolute Gasteiger partial charge is 0.355 e. The summed E-state index contributed by atoms with van der Waals surface area (Å²) >= 11 is 0. The van der Waals surface area contributed by atoms with Gasteiger partial charge in [0.2, 0.25) is 5.95 Å². The van der Waals surface area contributed by atoms with Crippen molar-refractivity contribution in [1.29, 1.82) is 0 Å². The molecule has 19 heavy (non-hydrogen) atoms. The van der Waals surface area contributed by atoms with E-state index >= 15 is 0 Å². The third kappa shape index (κ3) is 3.13. The third-order valence-electron chi connectivity index (χ3n) is 2.91. The summed E-state index contributed by atoms with van der Waals surface area (Å²) < 4.78 is 15.2. The first-order valence-electron chi connectivity index (χ1n) is 6.53. The van der Waals surface area contributed by atoms with Crippen LogP contribution < -0.4 is 5.32 Å². The highest BCUT2D eigenvalue weighted by Crippen LogP contribution is 2.21. The van der Waals surface area contributed by atoms with Crippen molar-refractivity contribution in [2.24, 2.45) is 5.92 Å². The first kappa shape index (κ1) is 13.6. The minimum absolute atomic E-state index is 0.213. The second-order valence-electron chi connectivity index (χ2n) is 5.28. The van der Waals surface area contributed by atoms with Crippen molar-refractivity contribution in [1.82, 2.24) is 9.55 Å². The summed E-state index contributed by atoms with van der Waals surface area (Å²) in [5.41, 5.74) is 2.79. The van der Waals surface area contributed by atoms with Crippen LogP contribution in [-0.4, -0.2) is 16.1 Å². The van der Waals surface area contributed by atoms with Gasteiger partial charge in [-0.25, -0.2) is 9.37 Å². The van der Waals surface area contributed by atoms with Gasteiger partial charge in [-0.3, -0.25) is 4.57 Å². The fraction of sp³-hybridized carbons (Fsp3) is 0.400. The minimum Gasteiger partial charge on any atom is -0.355 e. The Balaban J connectivity index is 2.38. The van der Waals surface area contributed by atoms with Crippen LogP contribution in [0.4, 0.5) is 10.3 Å². The van der Waals surface area contributed by atoms with E-state index < -0.39 is 0 Å². The van der Waals surface area contributed by atoms with Gasteiger partial charge in [0, 0.05) is 12.7 Å². The summed E-state index contributed by atoms with van der Waals surface area (Å²) in [4.78, 5) is 4.48. The number of rotatable bonds is 4. The summed E-state index contributed by atoms with van der Waals surface area (Å²) in [6, 6.07) is 4.80. The molecule has 0 radical (unpaired) electrons. The van der Waals surface area contributed by atoms with Crippen molar-refractivity contribution in [2.45, 2.75) is 27.7 Å². The Bertz CT molecular complexity index is 573. The normalized spacial score (nSPS) is 11.1. The zero-order valence-electron chi connectivity index (χ0n) is 11.9. The second kappa shape index (κ2) is 5.43. The molecule has 1 aromatic carbocycles. The van der Waals surface area contributed by atoms with Crippen LogP contribution in [0.2, 0.25) is 0 Å². The molecule has 0 fully saturated rings. The summed E-state index contributed by atoms with van der Waals surface area (Å²) in [5.74, 6) is 1.13. The number of nitrogens with one attached hydrogen (secondary N) is 1. The highest BCUT2D eigenvalue weighted by molar-refractivity contribution is 5.47. The molecule has 0 aliphatic heterocycles. The molecule has 0 amide bonds. The van der Waals surface area contributed by atoms with Crippen LogP contribution in [0.15, 0.2) is 24.4 Å². The van der Waals surface area contributed by atoms with E-state index in [4.69, 9.17) is 0 Å². The van der Waals surface area contributed by atoms with Crippen LogP contribution in [0.25, 0.3) is 5.69 Å². The Kier molecular flexibility index (Phi) is 3.88. The van der Waals surface area contributed by atoms with Crippen LogP contribution in [0.5, 0.6) is 0 Å². The van der Waals surface area contributed by atoms with Crippen LogP contribution in [0.1, 0.15) is 25.1 Å². The number of anilines is 1. The number of aryl methyl sites for hydroxylation is 2. The van der Waals surface area contributed by atoms with Crippen molar-refractivity contribution < 1.29 is 4.39 Å². The molecule has 0 saturated heterocycles. The SMILES string of the molecule is Cc1cn(-c2ccc(F)cc2C)c(NCC(C)C)n1. The third-order valence-corrected chi connectivity index (χ3v) is 2.91. The summed E-state index contributed by atoms with van der Waals surface area (Å²) in [6.07, 6.45) is 1.96. The Morgan fingerprint density at radius 3 is 2.68 bits per heavy atom. The molecule has 4 heteroatoms. The predicted molar refractivity (Wildman–Crippen MR) is 76.3 cm³/mol. The molecule has 102 valence electrons. The zero-order valence-corrected chi connectivity index (χ0v) is 11.9. The number of hydrogen-bond acceptors (Lipinski definition) is 2. The standard InChI is InChI=1S/C15H20FN3/c1-10(2)8-17-15-18-12(4)9-19(15)14-6-5-13(16)7-11(14)3/h5-7,9-10H,8H2,1-4H3,(H,17,18). The quantitative estimate of drug-likeness (QED) is 0.909. The molecule has 0 saturated carbocycles. The maximum atomic E-state index is 13.2. The van der Waals surface area contributed by atoms with Crippen LogP contribution in [-0.2, 0) is 0 Å². The molecule has 0 aliphatic carbocycles. The first-order chi connectivity index (χ1) is 8.97. The molecular formula is C15H20FN3. The number of nitrogens with zero attached hydrogens (tertiary/aromatic N) is 2. The van der Waals surface area contributed by atoms with E-state index in [2.05, 4.69) is 24.1 Å². The maximum Gasteiger partial charge on any atom is 0.207 e. The van der Waals surface area contributed by atoms with Crippen molar-refractivity contribution >= 4 is 5.95 Å². The van der Waals surface area contributed by atoms with Gasteiger partial charge in [0.1, 0.15) is 5.82 Å². The van der Waals surface area contributed by atoms with E-state index in [0.29, 0.717) is 5.92 Å². The van der Waals surface area contributed by atoms with Gasteiger partial charge in [-0.15, -0.1) is 0 Å². The minimum atomic E-state index is -0.213. The molecule has 0 spiro atoms. The van der Waals surface area contributed by atoms with Crippen molar-refractivity contribution in [3.8, 4) is 5.69 Å². The fourth-order valence-electron chi connectivity index (χ4n) is 1.99. The van der Waals surface area contributed by atoms with Gasteiger partial charge in [0.05, 0.1) is 11.4 Å². The fourth-order valence-corrected chi connectivity index (χ4v) is 1.99. The Hall–Kier alpha value is -1.84. The molecule has 0 atom stereocenters. The van der Waals surface area contributed by atoms with E-state index in [0.717, 1.165) is 29.4 Å². The van der Waals surface area contributed by atoms with Crippen LogP contribution >= 0.6 is 0 Å². The molecule has 1 heterocycles. The first-order valence-corrected chi connectivity index (χ1v) is 6.53. The smallest absolute Gasteiger partial charge is 0.207 e. The predicted octanol–water partition coefficient (Wildman–Crippen LogP) is 3.70. The number of imidazole rings is 1. The van der Waals surface area contributed by atoms with E-state index in [1.165, 1.54) is 12.1 Å². The summed E-state index contributed by atoms with van der Waals surface area (Å²) in [7, 11) is 0. The number of benzene rings is 1. The molecule has 1 N–H and O–H groups in total. The lowest BCUT2D eigenvalue weighted by molar-refractivity contribution is 0.626. The molecular weight excluding hydrogens is 241 g/mol. The average Bonchev–Trinajstić information content (AvgIpc) is 2.67. The number of aromatic nitrogens is 2. The molecule has 0 unspecified atom stereocenters. The maximum absolute atomic E-state index is 13.2. The summed E-state index contributed by atoms with van der Waals surface area (Å²) in [5, 5.41) is 3.33. The van der Waals surface area contributed by atoms with E-state index in [1.54, 1.807) is 6.07 Å². The summed E-state index contributed by atoms with van der Waals surface area (Å²) in [6.45, 7) is 9.01. The number of hydrogen-bond donors (Lipinski definition) is 1. The lowest BCUT2D eigenvalue weighted by atomic mass is 10.2. The van der Waals surface area contributed by atoms with Crippen molar-refractivity contribution in [3.05, 3.63) is 41.5 Å². The Morgan fingerprint density at radius 1 is 1.32 bits per heavy atom. The molecule has 1 aromatic heterocycles. The zero-order chi connectivity index (χ0) is 14.0. The second-order valence-corrected chi connectivity index (χ2v) is 5.28. The molecule has 2 aromatic rings. The Labute approximate surface area is 113 Å². The van der Waals surface area contributed by atoms with Gasteiger partial charge in [-0.05, 0) is 43.5 Å². The lowest BCUT2D eigenvalue weighted by Crippen LogP contribution is -2.12. The van der Waals surface area contributed by atoms with E-state index in [-0.39, 0.29) is 5.82 Å². The van der Waals surface area contributed by atoms with Crippen LogP contribution in [0, 0.1) is 25.6 Å². The molecule has 0 aliphatic rings. The average molecular weight is 261 g/mol. The van der Waals surface area contributed by atoms with Gasteiger partial charge < -0.3 is 5.32 Å². The number of halogens is 1. The molecule has 3 nitrogen and oxygen atoms in total. The van der Waals surface area contributed by atoms with E-state index in [9.17, 15) is 4.39 Å². The van der Waals surface area contributed by atoms with Gasteiger partial charge in [-0.1, -0.05) is 13.8 Å². The Morgan fingerprint density at radius 2 is 2.05 bits per heavy atom. The van der Waals surface area contributed by atoms with Crippen molar-refractivity contribution in [3.63, 3.8) is 0 Å². The van der Waals surface area contributed by atoms with Gasteiger partial charge in [-0.2, -0.15) is 0 Å². The molecule has 2 rings (SSSR count). The monoisotopic (exact) mass is 261 g/mol. The van der Waals surface area contributed by atoms with Gasteiger partial charge >= 0.3 is 0 Å².